The molecule has 0 bridgehead atoms. The average molecular weight is 1460 g/mol. The lowest BCUT2D eigenvalue weighted by atomic mass is 9.80. The van der Waals surface area contributed by atoms with Gasteiger partial charge in [0.15, 0.2) is 0 Å². The van der Waals surface area contributed by atoms with E-state index >= 15 is 0 Å². The van der Waals surface area contributed by atoms with Gasteiger partial charge in [-0.3, -0.25) is 0 Å². The minimum atomic E-state index is -1.41. The molecule has 106 heavy (non-hydrogen) atoms. The molecule has 6 heterocycles. The average Bonchev–Trinajstić information content (AvgIpc) is 1.58. The lowest BCUT2D eigenvalue weighted by Gasteiger charge is -2.09. The number of halogens is 1. The highest BCUT2D eigenvalue weighted by Gasteiger charge is 2.22. The predicted molar refractivity (Wildman–Crippen MR) is 456 cm³/mol. The van der Waals surface area contributed by atoms with E-state index in [9.17, 15) is 10.0 Å². The van der Waals surface area contributed by atoms with Crippen molar-refractivity contribution in [2.45, 2.75) is 0 Å². The summed E-state index contributed by atoms with van der Waals surface area (Å²) in [5, 5.41) is 33.6. The summed E-state index contributed by atoms with van der Waals surface area (Å²) in [4.78, 5) is 0. The molecule has 0 spiro atoms. The Balaban J connectivity index is 0.000000119. The van der Waals surface area contributed by atoms with Crippen molar-refractivity contribution in [1.29, 1.82) is 0 Å². The van der Waals surface area contributed by atoms with Crippen LogP contribution >= 0.6 is 38.6 Å². The van der Waals surface area contributed by atoms with Crippen LogP contribution in [0.15, 0.2) is 368 Å². The Bertz CT molecular complexity index is 7200. The molecule has 0 saturated carbocycles. The summed E-state index contributed by atoms with van der Waals surface area (Å²) in [7, 11) is -1.41. The van der Waals surface area contributed by atoms with Crippen molar-refractivity contribution < 1.29 is 10.0 Å². The van der Waals surface area contributed by atoms with E-state index in [1.54, 1.807) is 17.4 Å². The molecule has 6 nitrogen and oxygen atoms in total. The number of thiophene rings is 2. The second-order valence-electron chi connectivity index (χ2n) is 27.0. The van der Waals surface area contributed by atoms with Crippen molar-refractivity contribution in [3.05, 3.63) is 368 Å². The molecule has 22 aromatic rings. The first-order valence-electron chi connectivity index (χ1n) is 35.6. The molecule has 0 fully saturated rings. The molecule has 2 N–H and O–H groups in total. The Morgan fingerprint density at radius 2 is 0.519 bits per heavy atom. The van der Waals surface area contributed by atoms with Gasteiger partial charge >= 0.3 is 7.12 Å². The number of rotatable bonds is 8. The van der Waals surface area contributed by atoms with Crippen LogP contribution < -0.4 is 5.46 Å². The largest absolute Gasteiger partial charge is 0.489 e. The van der Waals surface area contributed by atoms with Crippen LogP contribution in [0, 0.1) is 0 Å². The van der Waals surface area contributed by atoms with Gasteiger partial charge in [-0.1, -0.05) is 228 Å². The molecule has 0 atom stereocenters. The highest BCUT2D eigenvalue weighted by atomic mass is 79.9. The number of hydrogen-bond acceptors (Lipinski definition) is 4. The molecule has 0 unspecified atom stereocenters. The van der Waals surface area contributed by atoms with E-state index in [0.717, 1.165) is 14.6 Å². The maximum Gasteiger partial charge on any atom is 0.489 e. The van der Waals surface area contributed by atoms with E-state index in [0.29, 0.717) is 5.46 Å². The van der Waals surface area contributed by atoms with Crippen LogP contribution in [0.5, 0.6) is 0 Å². The van der Waals surface area contributed by atoms with E-state index in [1.165, 1.54) is 174 Å². The summed E-state index contributed by atoms with van der Waals surface area (Å²) >= 11 is 7.19. The molecule has 0 aliphatic carbocycles. The quantitative estimate of drug-likeness (QED) is 0.149. The van der Waals surface area contributed by atoms with Crippen molar-refractivity contribution in [2.24, 2.45) is 0 Å². The first-order valence-corrected chi connectivity index (χ1v) is 38.0. The first kappa shape index (κ1) is 63.3. The minimum absolute atomic E-state index is 0.582. The molecule has 0 aliphatic rings. The van der Waals surface area contributed by atoms with E-state index in [1.807, 2.05) is 41.7 Å². The van der Waals surface area contributed by atoms with Gasteiger partial charge < -0.3 is 28.3 Å². The topological polar surface area (TPSA) is 60.2 Å². The fourth-order valence-corrected chi connectivity index (χ4v) is 19.1. The van der Waals surface area contributed by atoms with E-state index in [4.69, 9.17) is 0 Å². The molecule has 500 valence electrons. The van der Waals surface area contributed by atoms with E-state index in [2.05, 4.69) is 362 Å². The van der Waals surface area contributed by atoms with Crippen LogP contribution in [-0.2, 0) is 0 Å². The summed E-state index contributed by atoms with van der Waals surface area (Å²) in [5.41, 5.74) is 22.4. The van der Waals surface area contributed by atoms with Crippen LogP contribution in [0.1, 0.15) is 0 Å². The first-order chi connectivity index (χ1) is 52.3. The number of para-hydroxylation sites is 6. The van der Waals surface area contributed by atoms with E-state index < -0.39 is 7.12 Å². The second-order valence-corrected chi connectivity index (χ2v) is 30.0. The lowest BCUT2D eigenvalue weighted by Crippen LogP contribution is -2.29. The van der Waals surface area contributed by atoms with Gasteiger partial charge in [0.25, 0.3) is 0 Å². The van der Waals surface area contributed by atoms with Crippen molar-refractivity contribution in [2.75, 3.05) is 0 Å². The van der Waals surface area contributed by atoms with Crippen LogP contribution in [0.2, 0.25) is 0 Å². The van der Waals surface area contributed by atoms with E-state index in [-0.39, 0.29) is 0 Å². The Kier molecular flexibility index (Phi) is 15.6. The van der Waals surface area contributed by atoms with Gasteiger partial charge in [0.2, 0.25) is 0 Å². The van der Waals surface area contributed by atoms with Crippen molar-refractivity contribution in [3.63, 3.8) is 0 Å². The summed E-state index contributed by atoms with van der Waals surface area (Å²) in [6, 6.07) is 131. The molecule has 6 aromatic heterocycles. The van der Waals surface area contributed by atoms with Crippen LogP contribution in [0.4, 0.5) is 0 Å². The highest BCUT2D eigenvalue weighted by Crippen LogP contribution is 2.45. The molecule has 16 aromatic carbocycles. The zero-order chi connectivity index (χ0) is 70.5. The van der Waals surface area contributed by atoms with Gasteiger partial charge in [-0.25, -0.2) is 0 Å². The molecular weight excluding hydrogens is 1400 g/mol. The molecule has 0 amide bonds. The van der Waals surface area contributed by atoms with Gasteiger partial charge in [-0.05, 0) is 196 Å². The Hall–Kier alpha value is -12.4. The summed E-state index contributed by atoms with van der Waals surface area (Å²) in [6.07, 6.45) is 0. The molecule has 0 saturated heterocycles. The van der Waals surface area contributed by atoms with Crippen molar-refractivity contribution in [1.82, 2.24) is 18.3 Å². The number of nitrogens with zero attached hydrogens (tertiary/aromatic N) is 4. The predicted octanol–water partition coefficient (Wildman–Crippen LogP) is 25.6. The minimum Gasteiger partial charge on any atom is -0.423 e. The molecule has 0 radical (unpaired) electrons. The summed E-state index contributed by atoms with van der Waals surface area (Å²) < 4.78 is 15.4. The standard InChI is InChI=1S/C48H30N2S.C36H23BrN2.C12H9BO2S/c1-3-12-34(13-4-1)49-43-20-9-7-16-37(43)40-28-31(22-25-44(40)49)32-23-26-45-41(29-32)42-30-33(24-27-46(42)50(45)35-14-5-2-6-15-35)36-18-11-19-39-38-17-8-10-21-47(38)51-48(36)39;37-26-17-20-36-32(23-26)31-22-25(16-19-35(31)39(36)28-11-5-2-6-12-28)24-15-18-34-30(21-24)29-13-7-8-14-33(29)38(34)27-9-3-1-4-10-27;14-13(15)10-6-3-5-9-8-4-1-2-7-11(8)16-12(9)10/h1-30H;1-23H;1-7,14-15H. The summed E-state index contributed by atoms with van der Waals surface area (Å²) in [6.45, 7) is 0. The zero-order valence-electron chi connectivity index (χ0n) is 57.1. The molecule has 10 heteroatoms. The monoisotopic (exact) mass is 1460 g/mol. The number of benzene rings is 16. The SMILES string of the molecule is Brc1ccc2c(c1)c1cc(-c3ccc4c(c3)c3ccccc3n4-c3ccccc3)ccc1n2-c1ccccc1.OB(O)c1cccc2c1sc1ccccc12.c1ccc(-n2c3ccccc3c3cc(-c4ccc5c(c4)c4cc(-c6cccc7c6sc6ccccc67)ccc4n5-c4ccccc4)ccc32)cc1. The maximum atomic E-state index is 9.31. The molecular formula is C96H62BBrN4O2S2. The third-order valence-corrected chi connectivity index (χ3v) is 23.9. The van der Waals surface area contributed by atoms with Crippen molar-refractivity contribution >= 4 is 179 Å². The number of fused-ring (bicyclic) bond motifs is 18. The summed E-state index contributed by atoms with van der Waals surface area (Å²) in [5.74, 6) is 0. The molecule has 0 aliphatic heterocycles. The van der Waals surface area contributed by atoms with Crippen LogP contribution in [-0.4, -0.2) is 35.4 Å². The zero-order valence-corrected chi connectivity index (χ0v) is 60.3. The fourth-order valence-electron chi connectivity index (χ4n) is 16.2. The highest BCUT2D eigenvalue weighted by molar-refractivity contribution is 9.10. The van der Waals surface area contributed by atoms with Gasteiger partial charge in [-0.2, -0.15) is 0 Å². The maximum absolute atomic E-state index is 9.31. The van der Waals surface area contributed by atoms with Gasteiger partial charge in [-0.15, -0.1) is 22.7 Å². The molecule has 22 rings (SSSR count). The van der Waals surface area contributed by atoms with Crippen LogP contribution in [0.3, 0.4) is 0 Å². The number of hydrogen-bond donors (Lipinski definition) is 2. The Labute approximate surface area is 626 Å². The second kappa shape index (κ2) is 26.1. The van der Waals surface area contributed by atoms with Gasteiger partial charge in [0.05, 0.1) is 44.1 Å². The Morgan fingerprint density at radius 3 is 0.934 bits per heavy atom. The van der Waals surface area contributed by atoms with Crippen LogP contribution in [0.25, 0.3) is 184 Å². The Morgan fingerprint density at radius 1 is 0.226 bits per heavy atom. The normalized spacial score (nSPS) is 11.7. The third-order valence-electron chi connectivity index (χ3n) is 21.0. The number of aromatic nitrogens is 4. The third kappa shape index (κ3) is 10.7. The fraction of sp³-hybridized carbons (Fsp3) is 0. The van der Waals surface area contributed by atoms with Gasteiger partial charge in [0, 0.05) is 105 Å². The van der Waals surface area contributed by atoms with Crippen molar-refractivity contribution in [3.8, 4) is 56.1 Å². The lowest BCUT2D eigenvalue weighted by molar-refractivity contribution is 0.426. The smallest absolute Gasteiger partial charge is 0.423 e. The van der Waals surface area contributed by atoms with Gasteiger partial charge in [0.1, 0.15) is 0 Å².